The second kappa shape index (κ2) is 6.13. The molecule has 1 N–H and O–H groups in total. The van der Waals surface area contributed by atoms with Gasteiger partial charge >= 0.3 is 0 Å². The van der Waals surface area contributed by atoms with E-state index in [1.807, 2.05) is 17.5 Å². The fourth-order valence-electron chi connectivity index (χ4n) is 1.57. The maximum atomic E-state index is 12.0. The molecule has 0 aliphatic heterocycles. The molecule has 0 fully saturated rings. The monoisotopic (exact) mass is 307 g/mol. The molecule has 0 aliphatic rings. The molecule has 6 heteroatoms. The topological polar surface area (TPSA) is 63.2 Å². The van der Waals surface area contributed by atoms with Gasteiger partial charge in [0.05, 0.1) is 4.90 Å². The van der Waals surface area contributed by atoms with E-state index in [9.17, 15) is 13.2 Å². The summed E-state index contributed by atoms with van der Waals surface area (Å²) in [7, 11) is -2.20. The summed E-state index contributed by atoms with van der Waals surface area (Å²) in [6, 6.07) is 9.76. The molecule has 0 unspecified atom stereocenters. The van der Waals surface area contributed by atoms with Gasteiger partial charge in [-0.1, -0.05) is 18.2 Å². The molecule has 0 radical (unpaired) electrons. The molecule has 20 heavy (non-hydrogen) atoms. The van der Waals surface area contributed by atoms with Crippen molar-refractivity contribution >= 4 is 33.2 Å². The first-order valence-electron chi connectivity index (χ1n) is 5.82. The fourth-order valence-corrected chi connectivity index (χ4v) is 2.97. The Morgan fingerprint density at radius 1 is 1.25 bits per heavy atom. The Morgan fingerprint density at radius 2 is 2.05 bits per heavy atom. The van der Waals surface area contributed by atoms with Crippen LogP contribution in [0.2, 0.25) is 0 Å². The highest BCUT2D eigenvalue weighted by atomic mass is 32.2. The molecule has 1 aromatic heterocycles. The zero-order chi connectivity index (χ0) is 14.6. The molecule has 0 saturated heterocycles. The van der Waals surface area contributed by atoms with E-state index in [-0.39, 0.29) is 10.7 Å². The number of ketones is 1. The number of hydrogen-bond donors (Lipinski definition) is 1. The molecule has 4 nitrogen and oxygen atoms in total. The largest absolute Gasteiger partial charge is 0.289 e. The number of thiophene rings is 1. The van der Waals surface area contributed by atoms with E-state index in [2.05, 4.69) is 4.72 Å². The molecular formula is C14H13NO3S2. The summed E-state index contributed by atoms with van der Waals surface area (Å²) in [5, 5.41) is 1.92. The van der Waals surface area contributed by atoms with E-state index in [0.717, 1.165) is 4.88 Å². The van der Waals surface area contributed by atoms with Crippen molar-refractivity contribution in [1.82, 2.24) is 4.72 Å². The van der Waals surface area contributed by atoms with Crippen LogP contribution in [-0.4, -0.2) is 21.2 Å². The van der Waals surface area contributed by atoms with Crippen LogP contribution >= 0.6 is 11.3 Å². The molecule has 0 saturated carbocycles. The van der Waals surface area contributed by atoms with Crippen molar-refractivity contribution in [3.8, 4) is 0 Å². The predicted molar refractivity (Wildman–Crippen MR) is 80.4 cm³/mol. The Kier molecular flexibility index (Phi) is 4.49. The maximum absolute atomic E-state index is 12.0. The van der Waals surface area contributed by atoms with E-state index in [1.54, 1.807) is 18.2 Å². The highest BCUT2D eigenvalue weighted by Gasteiger charge is 2.13. The van der Waals surface area contributed by atoms with Gasteiger partial charge in [-0.3, -0.25) is 4.79 Å². The quantitative estimate of drug-likeness (QED) is 0.682. The summed E-state index contributed by atoms with van der Waals surface area (Å²) in [4.78, 5) is 13.1. The van der Waals surface area contributed by atoms with Crippen LogP contribution in [0.4, 0.5) is 0 Å². The molecule has 2 aromatic rings. The van der Waals surface area contributed by atoms with Gasteiger partial charge in [0.2, 0.25) is 10.0 Å². The lowest BCUT2D eigenvalue weighted by molar-refractivity contribution is 0.104. The smallest absolute Gasteiger partial charge is 0.240 e. The summed E-state index contributed by atoms with van der Waals surface area (Å²) < 4.78 is 25.6. The zero-order valence-electron chi connectivity index (χ0n) is 10.7. The van der Waals surface area contributed by atoms with Crippen LogP contribution < -0.4 is 4.72 Å². The van der Waals surface area contributed by atoms with Gasteiger partial charge in [0.1, 0.15) is 0 Å². The Balaban J connectivity index is 2.25. The van der Waals surface area contributed by atoms with Gasteiger partial charge < -0.3 is 0 Å². The molecule has 0 aliphatic carbocycles. The molecule has 0 spiro atoms. The number of allylic oxidation sites excluding steroid dienone is 1. The summed E-state index contributed by atoms with van der Waals surface area (Å²) in [6.45, 7) is 0. The van der Waals surface area contributed by atoms with Crippen LogP contribution in [0.25, 0.3) is 6.08 Å². The van der Waals surface area contributed by atoms with Crippen LogP contribution in [0.1, 0.15) is 15.2 Å². The van der Waals surface area contributed by atoms with Crippen molar-refractivity contribution in [1.29, 1.82) is 0 Å². The Hall–Kier alpha value is -1.76. The standard InChI is InChI=1S/C14H13NO3S2/c1-15-20(17,18)13-6-2-4-11(10-13)14(16)8-7-12-5-3-9-19-12/h2-10,15H,1H3/b8-7-. The highest BCUT2D eigenvalue weighted by molar-refractivity contribution is 7.89. The average Bonchev–Trinajstić information content (AvgIpc) is 2.98. The average molecular weight is 307 g/mol. The molecule has 0 amide bonds. The van der Waals surface area contributed by atoms with Crippen molar-refractivity contribution in [3.05, 3.63) is 58.3 Å². The Morgan fingerprint density at radius 3 is 2.70 bits per heavy atom. The third kappa shape index (κ3) is 3.41. The summed E-state index contributed by atoms with van der Waals surface area (Å²) >= 11 is 1.53. The number of benzene rings is 1. The first-order valence-corrected chi connectivity index (χ1v) is 8.19. The molecule has 1 aromatic carbocycles. The molecule has 104 valence electrons. The number of hydrogen-bond acceptors (Lipinski definition) is 4. The fraction of sp³-hybridized carbons (Fsp3) is 0.0714. The first kappa shape index (κ1) is 14.6. The van der Waals surface area contributed by atoms with E-state index >= 15 is 0 Å². The normalized spacial score (nSPS) is 11.8. The number of sulfonamides is 1. The molecule has 0 bridgehead atoms. The van der Waals surface area contributed by atoms with Crippen molar-refractivity contribution in [2.75, 3.05) is 7.05 Å². The minimum absolute atomic E-state index is 0.0790. The number of rotatable bonds is 5. The van der Waals surface area contributed by atoms with Crippen molar-refractivity contribution in [2.45, 2.75) is 4.90 Å². The van der Waals surface area contributed by atoms with Gasteiger partial charge in [-0.25, -0.2) is 13.1 Å². The third-order valence-electron chi connectivity index (χ3n) is 2.64. The highest BCUT2D eigenvalue weighted by Crippen LogP contribution is 2.14. The van der Waals surface area contributed by atoms with E-state index in [1.165, 1.54) is 36.6 Å². The van der Waals surface area contributed by atoms with Gasteiger partial charge in [-0.05, 0) is 42.8 Å². The van der Waals surface area contributed by atoms with Gasteiger partial charge in [-0.2, -0.15) is 0 Å². The van der Waals surface area contributed by atoms with Crippen LogP contribution in [0.3, 0.4) is 0 Å². The van der Waals surface area contributed by atoms with Crippen molar-refractivity contribution in [2.24, 2.45) is 0 Å². The lowest BCUT2D eigenvalue weighted by Crippen LogP contribution is -2.18. The maximum Gasteiger partial charge on any atom is 0.240 e. The lowest BCUT2D eigenvalue weighted by atomic mass is 10.1. The van der Waals surface area contributed by atoms with Gasteiger partial charge in [-0.15, -0.1) is 11.3 Å². The third-order valence-corrected chi connectivity index (χ3v) is 4.89. The van der Waals surface area contributed by atoms with E-state index in [4.69, 9.17) is 0 Å². The van der Waals surface area contributed by atoms with Gasteiger partial charge in [0.25, 0.3) is 0 Å². The van der Waals surface area contributed by atoms with Crippen molar-refractivity contribution in [3.63, 3.8) is 0 Å². The lowest BCUT2D eigenvalue weighted by Gasteiger charge is -2.03. The number of nitrogens with one attached hydrogen (secondary N) is 1. The van der Waals surface area contributed by atoms with Crippen LogP contribution in [0.15, 0.2) is 52.7 Å². The van der Waals surface area contributed by atoms with Crippen LogP contribution in [0.5, 0.6) is 0 Å². The van der Waals surface area contributed by atoms with E-state index in [0.29, 0.717) is 5.56 Å². The van der Waals surface area contributed by atoms with Crippen LogP contribution in [-0.2, 0) is 10.0 Å². The summed E-state index contributed by atoms with van der Waals surface area (Å²) in [6.07, 6.45) is 3.16. The van der Waals surface area contributed by atoms with Gasteiger partial charge in [0, 0.05) is 10.4 Å². The SMILES string of the molecule is CNS(=O)(=O)c1cccc(C(=O)/C=C\c2cccs2)c1. The summed E-state index contributed by atoms with van der Waals surface area (Å²) in [5.74, 6) is -0.230. The number of carbonyl (C=O) groups excluding carboxylic acids is 1. The molecule has 0 atom stereocenters. The zero-order valence-corrected chi connectivity index (χ0v) is 12.4. The first-order chi connectivity index (χ1) is 9.53. The predicted octanol–water partition coefficient (Wildman–Crippen LogP) is 2.55. The van der Waals surface area contributed by atoms with Crippen LogP contribution in [0, 0.1) is 0 Å². The second-order valence-electron chi connectivity index (χ2n) is 3.95. The molecule has 2 rings (SSSR count). The second-order valence-corrected chi connectivity index (χ2v) is 6.81. The minimum atomic E-state index is -3.54. The Labute approximate surface area is 121 Å². The summed E-state index contributed by atoms with van der Waals surface area (Å²) in [5.41, 5.74) is 0.342. The molecule has 1 heterocycles. The molecular weight excluding hydrogens is 294 g/mol. The van der Waals surface area contributed by atoms with Gasteiger partial charge in [0.15, 0.2) is 5.78 Å². The van der Waals surface area contributed by atoms with E-state index < -0.39 is 10.0 Å². The van der Waals surface area contributed by atoms with Crippen molar-refractivity contribution < 1.29 is 13.2 Å². The number of carbonyl (C=O) groups is 1. The minimum Gasteiger partial charge on any atom is -0.289 e. The Bertz CT molecular complexity index is 732.